The van der Waals surface area contributed by atoms with Crippen molar-refractivity contribution in [3.8, 4) is 0 Å². The van der Waals surface area contributed by atoms with E-state index in [-0.39, 0.29) is 35.9 Å². The van der Waals surface area contributed by atoms with Gasteiger partial charge < -0.3 is 20.4 Å². The number of likely N-dealkylation sites (tertiary alicyclic amines) is 1. The number of nitrogens with one attached hydrogen (secondary N) is 2. The average Bonchev–Trinajstić information content (AvgIpc) is 3.55. The van der Waals surface area contributed by atoms with E-state index in [4.69, 9.17) is 4.99 Å². The maximum Gasteiger partial charge on any atom is 0.225 e. The summed E-state index contributed by atoms with van der Waals surface area (Å²) in [4.78, 5) is 21.9. The second kappa shape index (κ2) is 11.7. The van der Waals surface area contributed by atoms with Gasteiger partial charge in [-0.1, -0.05) is 37.1 Å². The molecule has 1 aliphatic carbocycles. The monoisotopic (exact) mass is 537 g/mol. The summed E-state index contributed by atoms with van der Waals surface area (Å²) >= 11 is 0. The van der Waals surface area contributed by atoms with Crippen molar-refractivity contribution < 1.29 is 4.79 Å². The number of guanidine groups is 1. The van der Waals surface area contributed by atoms with E-state index in [0.29, 0.717) is 12.5 Å². The highest BCUT2D eigenvalue weighted by molar-refractivity contribution is 14.0. The number of hydrogen-bond donors (Lipinski definition) is 2. The lowest BCUT2D eigenvalue weighted by atomic mass is 10.1. The third-order valence-electron chi connectivity index (χ3n) is 6.43. The number of anilines is 1. The van der Waals surface area contributed by atoms with Crippen LogP contribution in [-0.4, -0.2) is 55.5 Å². The Labute approximate surface area is 203 Å². The Morgan fingerprint density at radius 3 is 2.48 bits per heavy atom. The highest BCUT2D eigenvalue weighted by Gasteiger charge is 2.32. The number of rotatable bonds is 6. The first-order valence-corrected chi connectivity index (χ1v) is 11.6. The van der Waals surface area contributed by atoms with E-state index in [2.05, 4.69) is 63.8 Å². The van der Waals surface area contributed by atoms with Crippen molar-refractivity contribution >= 4 is 41.5 Å². The molecule has 0 aromatic heterocycles. The van der Waals surface area contributed by atoms with Crippen molar-refractivity contribution in [1.29, 1.82) is 0 Å². The fourth-order valence-corrected chi connectivity index (χ4v) is 4.69. The Morgan fingerprint density at radius 1 is 1.10 bits per heavy atom. The zero-order valence-electron chi connectivity index (χ0n) is 18.6. The molecule has 7 heteroatoms. The van der Waals surface area contributed by atoms with Gasteiger partial charge in [0.25, 0.3) is 0 Å². The average molecular weight is 537 g/mol. The molecule has 1 aromatic rings. The van der Waals surface area contributed by atoms with E-state index in [0.717, 1.165) is 57.9 Å². The van der Waals surface area contributed by atoms with Crippen LogP contribution < -0.4 is 15.5 Å². The number of hydrogen-bond acceptors (Lipinski definition) is 3. The summed E-state index contributed by atoms with van der Waals surface area (Å²) < 4.78 is 0. The molecule has 1 atom stereocenters. The molecule has 1 aromatic carbocycles. The van der Waals surface area contributed by atoms with Crippen molar-refractivity contribution in [1.82, 2.24) is 15.5 Å². The molecule has 6 nitrogen and oxygen atoms in total. The summed E-state index contributed by atoms with van der Waals surface area (Å²) in [5.74, 6) is 1.47. The molecule has 0 spiro atoms. The van der Waals surface area contributed by atoms with Crippen LogP contribution in [0.1, 0.15) is 44.6 Å². The lowest BCUT2D eigenvalue weighted by molar-refractivity contribution is -0.134. The quantitative estimate of drug-likeness (QED) is 0.253. The SMILES string of the molecule is CCNC(=NCc1ccc(N2CC=CC2)cc1)NC1CCN(C(=O)C2CCCC2)C1.I. The van der Waals surface area contributed by atoms with Crippen molar-refractivity contribution in [2.75, 3.05) is 37.6 Å². The van der Waals surface area contributed by atoms with Gasteiger partial charge in [-0.05, 0) is 43.9 Å². The molecular weight excluding hydrogens is 501 g/mol. The zero-order valence-corrected chi connectivity index (χ0v) is 20.9. The van der Waals surface area contributed by atoms with Gasteiger partial charge >= 0.3 is 0 Å². The van der Waals surface area contributed by atoms with Crippen LogP contribution in [0, 0.1) is 5.92 Å². The summed E-state index contributed by atoms with van der Waals surface area (Å²) in [6, 6.07) is 8.97. The molecule has 0 bridgehead atoms. The van der Waals surface area contributed by atoms with Gasteiger partial charge in [-0.15, -0.1) is 24.0 Å². The van der Waals surface area contributed by atoms with Crippen LogP contribution in [-0.2, 0) is 11.3 Å². The second-order valence-corrected chi connectivity index (χ2v) is 8.63. The maximum absolute atomic E-state index is 12.7. The fourth-order valence-electron chi connectivity index (χ4n) is 4.69. The first-order valence-electron chi connectivity index (χ1n) is 11.6. The molecule has 2 heterocycles. The van der Waals surface area contributed by atoms with Gasteiger partial charge in [0.2, 0.25) is 5.91 Å². The lowest BCUT2D eigenvalue weighted by Crippen LogP contribution is -2.45. The highest BCUT2D eigenvalue weighted by atomic mass is 127. The molecule has 0 radical (unpaired) electrons. The predicted molar refractivity (Wildman–Crippen MR) is 138 cm³/mol. The summed E-state index contributed by atoms with van der Waals surface area (Å²) in [7, 11) is 0. The first-order chi connectivity index (χ1) is 14.7. The molecule has 2 aliphatic heterocycles. The summed E-state index contributed by atoms with van der Waals surface area (Å²) in [6.45, 7) is 7.19. The van der Waals surface area contributed by atoms with Gasteiger partial charge in [0.1, 0.15) is 0 Å². The number of benzene rings is 1. The third-order valence-corrected chi connectivity index (χ3v) is 6.43. The topological polar surface area (TPSA) is 60.0 Å². The van der Waals surface area contributed by atoms with E-state index in [1.165, 1.54) is 24.1 Å². The van der Waals surface area contributed by atoms with Crippen molar-refractivity contribution in [3.63, 3.8) is 0 Å². The van der Waals surface area contributed by atoms with Crippen LogP contribution in [0.4, 0.5) is 5.69 Å². The number of nitrogens with zero attached hydrogens (tertiary/aromatic N) is 3. The summed E-state index contributed by atoms with van der Waals surface area (Å²) in [5.41, 5.74) is 2.46. The first kappa shape index (κ1) is 23.9. The van der Waals surface area contributed by atoms with Gasteiger partial charge in [-0.2, -0.15) is 0 Å². The summed E-state index contributed by atoms with van der Waals surface area (Å²) in [5, 5.41) is 6.90. The number of halogens is 1. The van der Waals surface area contributed by atoms with Gasteiger partial charge in [-0.25, -0.2) is 4.99 Å². The Bertz CT molecular complexity index is 765. The zero-order chi connectivity index (χ0) is 20.8. The molecule has 31 heavy (non-hydrogen) atoms. The molecule has 1 amide bonds. The molecule has 170 valence electrons. The largest absolute Gasteiger partial charge is 0.364 e. The Balaban J connectivity index is 0.00000272. The number of amides is 1. The smallest absolute Gasteiger partial charge is 0.225 e. The van der Waals surface area contributed by atoms with Crippen LogP contribution in [0.5, 0.6) is 0 Å². The molecule has 1 saturated heterocycles. The predicted octanol–water partition coefficient (Wildman–Crippen LogP) is 3.53. The van der Waals surface area contributed by atoms with Crippen LogP contribution in [0.15, 0.2) is 41.4 Å². The molecular formula is C24H36IN5O. The Morgan fingerprint density at radius 2 is 1.81 bits per heavy atom. The van der Waals surface area contributed by atoms with Crippen LogP contribution in [0.3, 0.4) is 0 Å². The number of aliphatic imine (C=N–C) groups is 1. The second-order valence-electron chi connectivity index (χ2n) is 8.63. The lowest BCUT2D eigenvalue weighted by Gasteiger charge is -2.21. The van der Waals surface area contributed by atoms with Crippen LogP contribution in [0.2, 0.25) is 0 Å². The van der Waals surface area contributed by atoms with E-state index >= 15 is 0 Å². The van der Waals surface area contributed by atoms with Gasteiger partial charge in [0.05, 0.1) is 6.54 Å². The van der Waals surface area contributed by atoms with Gasteiger partial charge in [0.15, 0.2) is 5.96 Å². The highest BCUT2D eigenvalue weighted by Crippen LogP contribution is 2.27. The van der Waals surface area contributed by atoms with Crippen molar-refractivity contribution in [2.45, 2.75) is 51.6 Å². The van der Waals surface area contributed by atoms with E-state index in [1.807, 2.05) is 0 Å². The minimum atomic E-state index is 0. The fraction of sp³-hybridized carbons (Fsp3) is 0.583. The molecule has 1 unspecified atom stereocenters. The minimum absolute atomic E-state index is 0. The van der Waals surface area contributed by atoms with E-state index in [9.17, 15) is 4.79 Å². The van der Waals surface area contributed by atoms with E-state index < -0.39 is 0 Å². The van der Waals surface area contributed by atoms with Gasteiger partial charge in [-0.3, -0.25) is 4.79 Å². The van der Waals surface area contributed by atoms with Gasteiger partial charge in [0, 0.05) is 50.4 Å². The molecule has 2 fully saturated rings. The number of carbonyl (C=O) groups is 1. The van der Waals surface area contributed by atoms with Crippen molar-refractivity contribution in [3.05, 3.63) is 42.0 Å². The molecule has 2 N–H and O–H groups in total. The Kier molecular flexibility index (Phi) is 9.04. The van der Waals surface area contributed by atoms with Crippen LogP contribution >= 0.6 is 24.0 Å². The Hall–Kier alpha value is -1.77. The molecule has 3 aliphatic rings. The molecule has 1 saturated carbocycles. The minimum Gasteiger partial charge on any atom is -0.364 e. The maximum atomic E-state index is 12.7. The normalized spacial score (nSPS) is 21.5. The molecule has 4 rings (SSSR count). The third kappa shape index (κ3) is 6.37. The van der Waals surface area contributed by atoms with E-state index in [1.54, 1.807) is 0 Å². The number of carbonyl (C=O) groups excluding carboxylic acids is 1. The summed E-state index contributed by atoms with van der Waals surface area (Å²) in [6.07, 6.45) is 9.96. The van der Waals surface area contributed by atoms with Crippen LogP contribution in [0.25, 0.3) is 0 Å². The van der Waals surface area contributed by atoms with Crippen molar-refractivity contribution in [2.24, 2.45) is 10.9 Å². The standard InChI is InChI=1S/C24H35N5O.HI/c1-2-25-24(26-17-19-9-11-22(12-10-19)28-14-5-6-15-28)27-21-13-16-29(18-21)23(30)20-7-3-4-8-20;/h5-6,9-12,20-21H,2-4,7-8,13-18H2,1H3,(H2,25,26,27);1H.